The van der Waals surface area contributed by atoms with Crippen molar-refractivity contribution in [3.8, 4) is 0 Å². The summed E-state index contributed by atoms with van der Waals surface area (Å²) in [6.07, 6.45) is -0.677. The first-order valence-corrected chi connectivity index (χ1v) is 6.50. The Balaban J connectivity index is 2.58. The van der Waals surface area contributed by atoms with Gasteiger partial charge in [0.15, 0.2) is 5.43 Å². The summed E-state index contributed by atoms with van der Waals surface area (Å²) in [6.45, 7) is 3.83. The first-order valence-electron chi connectivity index (χ1n) is 7.00. The Labute approximate surface area is 117 Å². The van der Waals surface area contributed by atoms with Crippen molar-refractivity contribution in [2.75, 3.05) is 0 Å². The third-order valence-corrected chi connectivity index (χ3v) is 3.60. The Hall–Kier alpha value is -2.42. The number of hydrogen-bond donors (Lipinski definition) is 0. The van der Waals surface area contributed by atoms with Crippen LogP contribution in [-0.2, 0) is 11.3 Å². The van der Waals surface area contributed by atoms with Crippen LogP contribution in [0.15, 0.2) is 41.2 Å². The smallest absolute Gasteiger partial charge is 0.197 e. The molecule has 2 aromatic carbocycles. The average molecular weight is 267 g/mol. The maximum absolute atomic E-state index is 12.6. The summed E-state index contributed by atoms with van der Waals surface area (Å²) in [5.41, 5.74) is 3.41. The van der Waals surface area contributed by atoms with Crippen LogP contribution >= 0.6 is 0 Å². The van der Waals surface area contributed by atoms with Crippen LogP contribution in [0.5, 0.6) is 0 Å². The highest BCUT2D eigenvalue weighted by atomic mass is 16.1. The van der Waals surface area contributed by atoms with Crippen LogP contribution < -0.4 is 5.43 Å². The Kier molecular flexibility index (Phi) is 2.62. The summed E-state index contributed by atoms with van der Waals surface area (Å²) in [5.74, 6) is 0. The highest BCUT2D eigenvalue weighted by Gasteiger charge is 2.10. The summed E-state index contributed by atoms with van der Waals surface area (Å²) < 4.78 is 9.05. The molecule has 0 bridgehead atoms. The molecule has 0 aliphatic carbocycles. The van der Waals surface area contributed by atoms with Gasteiger partial charge in [0.05, 0.1) is 17.6 Å². The predicted molar refractivity (Wildman–Crippen MR) is 81.3 cm³/mol. The molecule has 0 fully saturated rings. The summed E-state index contributed by atoms with van der Waals surface area (Å²) >= 11 is 0. The van der Waals surface area contributed by atoms with Crippen molar-refractivity contribution in [1.29, 1.82) is 0 Å². The van der Waals surface area contributed by atoms with E-state index in [2.05, 4.69) is 0 Å². The minimum atomic E-state index is -0.677. The van der Waals surface area contributed by atoms with Gasteiger partial charge in [-0.25, -0.2) is 0 Å². The van der Waals surface area contributed by atoms with E-state index < -0.39 is 6.26 Å². The standard InChI is InChI=1S/C17H15NO2/c1-11-3-5-13-15(9-11)18(7-8-19)16-10-12(2)4-6-14(16)17(13)20/h3-6,8-10H,7H2,1-2H3/i8T. The third-order valence-electron chi connectivity index (χ3n) is 3.60. The topological polar surface area (TPSA) is 39.1 Å². The highest BCUT2D eigenvalue weighted by Crippen LogP contribution is 2.21. The first-order chi connectivity index (χ1) is 9.97. The molecule has 0 aliphatic rings. The van der Waals surface area contributed by atoms with E-state index >= 15 is 0 Å². The van der Waals surface area contributed by atoms with Crippen LogP contribution in [0.4, 0.5) is 0 Å². The second kappa shape index (κ2) is 4.60. The number of pyridine rings is 1. The van der Waals surface area contributed by atoms with Crippen LogP contribution in [0, 0.1) is 13.8 Å². The van der Waals surface area contributed by atoms with Crippen LogP contribution in [-0.4, -0.2) is 10.8 Å². The summed E-state index contributed by atoms with van der Waals surface area (Å²) in [5, 5.41) is 1.16. The van der Waals surface area contributed by atoms with Gasteiger partial charge in [-0.05, 0) is 49.2 Å². The number of hydrogen-bond acceptors (Lipinski definition) is 2. The average Bonchev–Trinajstić information content (AvgIpc) is 2.42. The molecule has 0 N–H and O–H groups in total. The van der Waals surface area contributed by atoms with Crippen LogP contribution in [0.25, 0.3) is 21.8 Å². The molecule has 0 saturated heterocycles. The predicted octanol–water partition coefficient (Wildman–Crippen LogP) is 2.97. The second-order valence-corrected chi connectivity index (χ2v) is 5.10. The maximum atomic E-state index is 12.6. The Morgan fingerprint density at radius 3 is 2.00 bits per heavy atom. The summed E-state index contributed by atoms with van der Waals surface area (Å²) in [7, 11) is 0. The van der Waals surface area contributed by atoms with E-state index in [-0.39, 0.29) is 12.0 Å². The molecule has 20 heavy (non-hydrogen) atoms. The number of nitrogens with zero attached hydrogens (tertiary/aromatic N) is 1. The third kappa shape index (κ3) is 1.83. The van der Waals surface area contributed by atoms with Gasteiger partial charge in [0.25, 0.3) is 0 Å². The first kappa shape index (κ1) is 11.4. The largest absolute Gasteiger partial charge is 0.333 e. The van der Waals surface area contributed by atoms with E-state index in [0.29, 0.717) is 21.8 Å². The Morgan fingerprint density at radius 2 is 1.55 bits per heavy atom. The van der Waals surface area contributed by atoms with E-state index in [1.54, 1.807) is 16.7 Å². The molecular formula is C17H15NO2. The van der Waals surface area contributed by atoms with Gasteiger partial charge in [0.1, 0.15) is 7.63 Å². The molecule has 0 saturated carbocycles. The van der Waals surface area contributed by atoms with Crippen molar-refractivity contribution in [2.45, 2.75) is 20.4 Å². The van der Waals surface area contributed by atoms with Gasteiger partial charge in [-0.3, -0.25) is 4.79 Å². The fraction of sp³-hybridized carbons (Fsp3) is 0.176. The SMILES string of the molecule is [3H]C(=O)Cn1c2cc(C)ccc2c(=O)c2ccc(C)cc21. The van der Waals surface area contributed by atoms with Gasteiger partial charge in [0.2, 0.25) is 0 Å². The Bertz CT molecular complexity index is 875. The number of aldehydes is 1. The van der Waals surface area contributed by atoms with Gasteiger partial charge < -0.3 is 9.36 Å². The van der Waals surface area contributed by atoms with Gasteiger partial charge in [-0.2, -0.15) is 0 Å². The number of aryl methyl sites for hydroxylation is 2. The quantitative estimate of drug-likeness (QED) is 0.529. The van der Waals surface area contributed by atoms with Crippen molar-refractivity contribution in [2.24, 2.45) is 0 Å². The van der Waals surface area contributed by atoms with Crippen LogP contribution in [0.2, 0.25) is 0 Å². The molecular weight excluding hydrogens is 250 g/mol. The van der Waals surface area contributed by atoms with Crippen molar-refractivity contribution >= 4 is 28.1 Å². The summed E-state index contributed by atoms with van der Waals surface area (Å²) in [4.78, 5) is 23.9. The van der Waals surface area contributed by atoms with Gasteiger partial charge in [0, 0.05) is 10.8 Å². The molecule has 3 heteroatoms. The van der Waals surface area contributed by atoms with Crippen molar-refractivity contribution < 1.29 is 6.17 Å². The second-order valence-electron chi connectivity index (χ2n) is 5.10. The number of fused-ring (bicyclic) bond motifs is 2. The lowest BCUT2D eigenvalue weighted by Crippen LogP contribution is -2.12. The Morgan fingerprint density at radius 1 is 1.05 bits per heavy atom. The lowest BCUT2D eigenvalue weighted by molar-refractivity contribution is -0.108. The van der Waals surface area contributed by atoms with Gasteiger partial charge in [-0.1, -0.05) is 12.1 Å². The lowest BCUT2D eigenvalue weighted by Gasteiger charge is -2.13. The minimum absolute atomic E-state index is 0.0336. The highest BCUT2D eigenvalue weighted by molar-refractivity contribution is 5.94. The van der Waals surface area contributed by atoms with E-state index in [1.165, 1.54) is 0 Å². The van der Waals surface area contributed by atoms with Crippen LogP contribution in [0.1, 0.15) is 12.5 Å². The minimum Gasteiger partial charge on any atom is -0.333 e. The number of aromatic nitrogens is 1. The number of carbonyl (C=O) groups excluding carboxylic acids is 1. The molecule has 0 atom stereocenters. The molecule has 3 rings (SSSR count). The van der Waals surface area contributed by atoms with Crippen LogP contribution in [0.3, 0.4) is 0 Å². The molecule has 0 spiro atoms. The van der Waals surface area contributed by atoms with E-state index in [9.17, 15) is 9.59 Å². The van der Waals surface area contributed by atoms with Gasteiger partial charge in [-0.15, -0.1) is 0 Å². The molecule has 3 nitrogen and oxygen atoms in total. The molecule has 0 radical (unpaired) electrons. The number of rotatable bonds is 2. The monoisotopic (exact) mass is 267 g/mol. The normalized spacial score (nSPS) is 11.8. The molecule has 100 valence electrons. The van der Waals surface area contributed by atoms with E-state index in [4.69, 9.17) is 1.37 Å². The van der Waals surface area contributed by atoms with Crippen molar-refractivity contribution in [3.05, 3.63) is 57.7 Å². The zero-order valence-corrected chi connectivity index (χ0v) is 11.4. The van der Waals surface area contributed by atoms with Crippen molar-refractivity contribution in [3.63, 3.8) is 0 Å². The molecule has 0 aliphatic heterocycles. The zero-order valence-electron chi connectivity index (χ0n) is 12.4. The zero-order chi connectivity index (χ0) is 15.1. The van der Waals surface area contributed by atoms with Gasteiger partial charge >= 0.3 is 0 Å². The molecule has 0 unspecified atom stereocenters. The van der Waals surface area contributed by atoms with E-state index in [0.717, 1.165) is 11.1 Å². The summed E-state index contributed by atoms with van der Waals surface area (Å²) in [6, 6.07) is 11.1. The number of carbonyl (C=O) groups is 1. The molecule has 1 aromatic heterocycles. The van der Waals surface area contributed by atoms with E-state index in [1.807, 2.05) is 38.1 Å². The molecule has 1 heterocycles. The fourth-order valence-corrected chi connectivity index (χ4v) is 2.62. The van der Waals surface area contributed by atoms with Crippen molar-refractivity contribution in [1.82, 2.24) is 4.57 Å². The number of benzene rings is 2. The molecule has 3 aromatic rings. The molecule has 0 amide bonds. The lowest BCUT2D eigenvalue weighted by atomic mass is 10.1. The maximum Gasteiger partial charge on any atom is 0.197 e. The fourth-order valence-electron chi connectivity index (χ4n) is 2.62.